The molecule has 1 nitrogen and oxygen atoms in total. The van der Waals surface area contributed by atoms with E-state index in [0.717, 1.165) is 18.2 Å². The Bertz CT molecular complexity index is 596. The van der Waals surface area contributed by atoms with Crippen molar-refractivity contribution in [2.75, 3.05) is 7.05 Å². The summed E-state index contributed by atoms with van der Waals surface area (Å²) >= 11 is 5.95. The van der Waals surface area contributed by atoms with Gasteiger partial charge in [0.05, 0.1) is 0 Å². The SMILES string of the molecule is CNC(Cc1c(F)cccc1Cl)c1cc(F)ccc1F. The first-order valence-corrected chi connectivity index (χ1v) is 6.46. The number of benzene rings is 2. The van der Waals surface area contributed by atoms with Gasteiger partial charge < -0.3 is 5.32 Å². The molecule has 0 fully saturated rings. The Kier molecular flexibility index (Phi) is 4.68. The van der Waals surface area contributed by atoms with Crippen LogP contribution < -0.4 is 5.32 Å². The first kappa shape index (κ1) is 14.9. The molecule has 5 heteroatoms. The van der Waals surface area contributed by atoms with Crippen LogP contribution in [-0.2, 0) is 6.42 Å². The quantitative estimate of drug-likeness (QED) is 0.889. The molecule has 0 saturated heterocycles. The molecule has 0 bridgehead atoms. The van der Waals surface area contributed by atoms with Crippen molar-refractivity contribution < 1.29 is 13.2 Å². The fourth-order valence-corrected chi connectivity index (χ4v) is 2.32. The highest BCUT2D eigenvalue weighted by atomic mass is 35.5. The van der Waals surface area contributed by atoms with Gasteiger partial charge in [-0.2, -0.15) is 0 Å². The van der Waals surface area contributed by atoms with E-state index < -0.39 is 23.5 Å². The summed E-state index contributed by atoms with van der Waals surface area (Å²) in [4.78, 5) is 0. The van der Waals surface area contributed by atoms with Crippen molar-refractivity contribution in [3.05, 3.63) is 70.0 Å². The van der Waals surface area contributed by atoms with Gasteiger partial charge >= 0.3 is 0 Å². The molecule has 1 unspecified atom stereocenters. The molecule has 2 aromatic carbocycles. The van der Waals surface area contributed by atoms with E-state index in [9.17, 15) is 13.2 Å². The van der Waals surface area contributed by atoms with Crippen LogP contribution in [-0.4, -0.2) is 7.05 Å². The molecule has 0 heterocycles. The Labute approximate surface area is 120 Å². The number of nitrogens with one attached hydrogen (secondary N) is 1. The van der Waals surface area contributed by atoms with Crippen molar-refractivity contribution in [2.24, 2.45) is 0 Å². The first-order chi connectivity index (χ1) is 9.52. The molecular weight excluding hydrogens is 287 g/mol. The maximum Gasteiger partial charge on any atom is 0.128 e. The molecule has 1 atom stereocenters. The highest BCUT2D eigenvalue weighted by Crippen LogP contribution is 2.27. The van der Waals surface area contributed by atoms with Crippen LogP contribution in [0.25, 0.3) is 0 Å². The highest BCUT2D eigenvalue weighted by Gasteiger charge is 2.18. The van der Waals surface area contributed by atoms with Gasteiger partial charge in [-0.05, 0) is 43.8 Å². The van der Waals surface area contributed by atoms with Crippen LogP contribution in [0.1, 0.15) is 17.2 Å². The third-order valence-electron chi connectivity index (χ3n) is 3.15. The molecular formula is C15H13ClF3N. The summed E-state index contributed by atoms with van der Waals surface area (Å²) < 4.78 is 40.8. The molecule has 2 rings (SSSR count). The molecule has 0 spiro atoms. The number of halogens is 4. The van der Waals surface area contributed by atoms with Crippen LogP contribution in [0.2, 0.25) is 5.02 Å². The average molecular weight is 300 g/mol. The Hall–Kier alpha value is -1.52. The van der Waals surface area contributed by atoms with Crippen molar-refractivity contribution in [3.8, 4) is 0 Å². The van der Waals surface area contributed by atoms with Crippen LogP contribution in [0.5, 0.6) is 0 Å². The van der Waals surface area contributed by atoms with E-state index in [-0.39, 0.29) is 22.6 Å². The van der Waals surface area contributed by atoms with Gasteiger partial charge in [-0.15, -0.1) is 0 Å². The number of likely N-dealkylation sites (N-methyl/N-ethyl adjacent to an activating group) is 1. The Morgan fingerprint density at radius 3 is 2.50 bits per heavy atom. The van der Waals surface area contributed by atoms with Gasteiger partial charge in [-0.25, -0.2) is 13.2 Å². The summed E-state index contributed by atoms with van der Waals surface area (Å²) in [5.41, 5.74) is 0.420. The minimum Gasteiger partial charge on any atom is -0.313 e. The largest absolute Gasteiger partial charge is 0.313 e. The van der Waals surface area contributed by atoms with Gasteiger partial charge in [0.1, 0.15) is 17.5 Å². The molecule has 2 aromatic rings. The number of rotatable bonds is 4. The summed E-state index contributed by atoms with van der Waals surface area (Å²) in [6.45, 7) is 0. The van der Waals surface area contributed by atoms with E-state index in [2.05, 4.69) is 5.32 Å². The Balaban J connectivity index is 2.36. The minimum absolute atomic E-state index is 0.127. The van der Waals surface area contributed by atoms with Gasteiger partial charge in [0.2, 0.25) is 0 Å². The second-order valence-corrected chi connectivity index (χ2v) is 4.82. The lowest BCUT2D eigenvalue weighted by molar-refractivity contribution is 0.511. The second kappa shape index (κ2) is 6.29. The Morgan fingerprint density at radius 1 is 1.10 bits per heavy atom. The van der Waals surface area contributed by atoms with E-state index in [0.29, 0.717) is 0 Å². The number of hydrogen-bond acceptors (Lipinski definition) is 1. The second-order valence-electron chi connectivity index (χ2n) is 4.41. The smallest absolute Gasteiger partial charge is 0.128 e. The van der Waals surface area contributed by atoms with Gasteiger partial charge in [-0.3, -0.25) is 0 Å². The van der Waals surface area contributed by atoms with Crippen LogP contribution >= 0.6 is 11.6 Å². The van der Waals surface area contributed by atoms with E-state index in [4.69, 9.17) is 11.6 Å². The van der Waals surface area contributed by atoms with Crippen molar-refractivity contribution in [1.29, 1.82) is 0 Å². The maximum atomic E-state index is 13.8. The van der Waals surface area contributed by atoms with E-state index in [1.54, 1.807) is 13.1 Å². The lowest BCUT2D eigenvalue weighted by Crippen LogP contribution is -2.21. The molecule has 0 aliphatic carbocycles. The predicted octanol–water partition coefficient (Wildman–Crippen LogP) is 4.26. The monoisotopic (exact) mass is 299 g/mol. The topological polar surface area (TPSA) is 12.0 Å². The summed E-state index contributed by atoms with van der Waals surface area (Å²) in [6, 6.07) is 6.98. The van der Waals surface area contributed by atoms with E-state index >= 15 is 0 Å². The first-order valence-electron chi connectivity index (χ1n) is 6.08. The van der Waals surface area contributed by atoms with E-state index in [1.807, 2.05) is 0 Å². The summed E-state index contributed by atoms with van der Waals surface area (Å²) in [6.07, 6.45) is 0.127. The predicted molar refractivity (Wildman–Crippen MR) is 73.3 cm³/mol. The molecule has 106 valence electrons. The van der Waals surface area contributed by atoms with Gasteiger partial charge in [0.25, 0.3) is 0 Å². The third-order valence-corrected chi connectivity index (χ3v) is 3.51. The van der Waals surface area contributed by atoms with Crippen LogP contribution in [0.15, 0.2) is 36.4 Å². The molecule has 0 aromatic heterocycles. The third kappa shape index (κ3) is 3.14. The lowest BCUT2D eigenvalue weighted by atomic mass is 9.98. The Morgan fingerprint density at radius 2 is 1.85 bits per heavy atom. The molecule has 20 heavy (non-hydrogen) atoms. The zero-order valence-corrected chi connectivity index (χ0v) is 11.5. The zero-order chi connectivity index (χ0) is 14.7. The normalized spacial score (nSPS) is 12.4. The van der Waals surface area contributed by atoms with Gasteiger partial charge in [-0.1, -0.05) is 17.7 Å². The van der Waals surface area contributed by atoms with Crippen LogP contribution in [0.4, 0.5) is 13.2 Å². The molecule has 0 aliphatic heterocycles. The average Bonchev–Trinajstić information content (AvgIpc) is 2.42. The van der Waals surface area contributed by atoms with Crippen molar-refractivity contribution in [1.82, 2.24) is 5.32 Å². The van der Waals surface area contributed by atoms with E-state index in [1.165, 1.54) is 12.1 Å². The highest BCUT2D eigenvalue weighted by molar-refractivity contribution is 6.31. The molecule has 0 amide bonds. The van der Waals surface area contributed by atoms with Gasteiger partial charge in [0.15, 0.2) is 0 Å². The summed E-state index contributed by atoms with van der Waals surface area (Å²) in [5.74, 6) is -1.55. The van der Waals surface area contributed by atoms with Crippen molar-refractivity contribution >= 4 is 11.6 Å². The fraction of sp³-hybridized carbons (Fsp3) is 0.200. The molecule has 0 aliphatic rings. The molecule has 0 radical (unpaired) electrons. The fourth-order valence-electron chi connectivity index (χ4n) is 2.08. The van der Waals surface area contributed by atoms with Crippen molar-refractivity contribution in [2.45, 2.75) is 12.5 Å². The lowest BCUT2D eigenvalue weighted by Gasteiger charge is -2.18. The summed E-state index contributed by atoms with van der Waals surface area (Å²) in [5, 5.41) is 3.12. The summed E-state index contributed by atoms with van der Waals surface area (Å²) in [7, 11) is 1.60. The van der Waals surface area contributed by atoms with Crippen LogP contribution in [0.3, 0.4) is 0 Å². The molecule has 0 saturated carbocycles. The zero-order valence-electron chi connectivity index (χ0n) is 10.8. The minimum atomic E-state index is -0.569. The maximum absolute atomic E-state index is 13.8. The van der Waals surface area contributed by atoms with Gasteiger partial charge in [0, 0.05) is 22.2 Å². The van der Waals surface area contributed by atoms with Crippen molar-refractivity contribution in [3.63, 3.8) is 0 Å². The van der Waals surface area contributed by atoms with Crippen LogP contribution in [0, 0.1) is 17.5 Å². The molecule has 1 N–H and O–H groups in total. The number of hydrogen-bond donors (Lipinski definition) is 1. The standard InChI is InChI=1S/C15H13ClF3N/c1-20-15(11-7-9(17)5-6-14(11)19)8-10-12(16)3-2-4-13(10)18/h2-7,15,20H,8H2,1H3.